The molecular weight excluding hydrogens is 336 g/mol. The number of rotatable bonds is 7. The summed E-state index contributed by atoms with van der Waals surface area (Å²) >= 11 is 1.41. The van der Waals surface area contributed by atoms with Crippen molar-refractivity contribution in [3.8, 4) is 0 Å². The van der Waals surface area contributed by atoms with Crippen molar-refractivity contribution in [3.63, 3.8) is 0 Å². The molecule has 2 aromatic rings. The number of anilines is 1. The van der Waals surface area contributed by atoms with Crippen LogP contribution < -0.4 is 5.32 Å². The zero-order chi connectivity index (χ0) is 17.5. The van der Waals surface area contributed by atoms with E-state index in [0.29, 0.717) is 4.88 Å². The Morgan fingerprint density at radius 3 is 2.72 bits per heavy atom. The number of ketones is 1. The first kappa shape index (κ1) is 17.8. The molecule has 1 aliphatic rings. The van der Waals surface area contributed by atoms with Gasteiger partial charge in [-0.3, -0.25) is 14.5 Å². The molecule has 0 aliphatic carbocycles. The molecule has 6 heteroatoms. The molecule has 0 bridgehead atoms. The highest BCUT2D eigenvalue weighted by Gasteiger charge is 2.12. The van der Waals surface area contributed by atoms with Gasteiger partial charge < -0.3 is 10.1 Å². The van der Waals surface area contributed by atoms with E-state index in [2.05, 4.69) is 16.3 Å². The number of hydrogen-bond donors (Lipinski definition) is 1. The van der Waals surface area contributed by atoms with E-state index in [1.165, 1.54) is 11.3 Å². The number of nitrogens with zero attached hydrogens (tertiary/aromatic N) is 1. The van der Waals surface area contributed by atoms with Crippen LogP contribution in [0.5, 0.6) is 0 Å². The molecule has 0 spiro atoms. The summed E-state index contributed by atoms with van der Waals surface area (Å²) in [5.74, 6) is -0.111. The largest absolute Gasteiger partial charge is 0.379 e. The van der Waals surface area contributed by atoms with Crippen LogP contribution in [-0.2, 0) is 16.1 Å². The molecule has 0 radical (unpaired) electrons. The number of ether oxygens (including phenoxy) is 1. The van der Waals surface area contributed by atoms with Gasteiger partial charge in [0.25, 0.3) is 0 Å². The molecule has 0 atom stereocenters. The van der Waals surface area contributed by atoms with Crippen LogP contribution >= 0.6 is 11.3 Å². The number of amides is 1. The van der Waals surface area contributed by atoms with Crippen molar-refractivity contribution in [1.29, 1.82) is 0 Å². The highest BCUT2D eigenvalue weighted by molar-refractivity contribution is 7.12. The average molecular weight is 358 g/mol. The lowest BCUT2D eigenvalue weighted by molar-refractivity contribution is -0.116. The Hall–Kier alpha value is -2.02. The standard InChI is InChI=1S/C19H22N2O3S/c22-17(18-5-2-12-25-18)6-7-19(23)20-16-4-1-3-15(13-16)14-21-8-10-24-11-9-21/h1-5,12-13H,6-11,14H2,(H,20,23). The predicted octanol–water partition coefficient (Wildman–Crippen LogP) is 3.18. The highest BCUT2D eigenvalue weighted by atomic mass is 32.1. The lowest BCUT2D eigenvalue weighted by Gasteiger charge is -2.26. The van der Waals surface area contributed by atoms with Crippen LogP contribution in [0.2, 0.25) is 0 Å². The fraction of sp³-hybridized carbons (Fsp3) is 0.368. The monoisotopic (exact) mass is 358 g/mol. The minimum Gasteiger partial charge on any atom is -0.379 e. The number of Topliss-reactive ketones (excluding diaryl/α,β-unsaturated/α-hetero) is 1. The van der Waals surface area contributed by atoms with E-state index < -0.39 is 0 Å². The average Bonchev–Trinajstić information content (AvgIpc) is 3.16. The van der Waals surface area contributed by atoms with Crippen LogP contribution in [0.4, 0.5) is 5.69 Å². The zero-order valence-electron chi connectivity index (χ0n) is 14.1. The van der Waals surface area contributed by atoms with Crippen molar-refractivity contribution in [3.05, 3.63) is 52.2 Å². The molecule has 0 unspecified atom stereocenters. The first-order valence-electron chi connectivity index (χ1n) is 8.46. The molecular formula is C19H22N2O3S. The number of morpholine rings is 1. The molecule has 1 amide bonds. The van der Waals surface area contributed by atoms with E-state index in [1.54, 1.807) is 6.07 Å². The van der Waals surface area contributed by atoms with Gasteiger partial charge in [-0.15, -0.1) is 11.3 Å². The van der Waals surface area contributed by atoms with Crippen molar-refractivity contribution in [2.24, 2.45) is 0 Å². The van der Waals surface area contributed by atoms with Crippen LogP contribution in [0, 0.1) is 0 Å². The van der Waals surface area contributed by atoms with Gasteiger partial charge in [-0.25, -0.2) is 0 Å². The maximum Gasteiger partial charge on any atom is 0.224 e. The Morgan fingerprint density at radius 2 is 1.96 bits per heavy atom. The minimum atomic E-state index is -0.131. The van der Waals surface area contributed by atoms with E-state index in [-0.39, 0.29) is 24.5 Å². The molecule has 0 saturated carbocycles. The fourth-order valence-corrected chi connectivity index (χ4v) is 3.47. The molecule has 3 rings (SSSR count). The SMILES string of the molecule is O=C(CCC(=O)c1cccs1)Nc1cccc(CN2CCOCC2)c1. The summed E-state index contributed by atoms with van der Waals surface area (Å²) in [5, 5.41) is 4.76. The van der Waals surface area contributed by atoms with Gasteiger partial charge >= 0.3 is 0 Å². The minimum absolute atomic E-state index is 0.0196. The van der Waals surface area contributed by atoms with Crippen molar-refractivity contribution < 1.29 is 14.3 Å². The highest BCUT2D eigenvalue weighted by Crippen LogP contribution is 2.15. The topological polar surface area (TPSA) is 58.6 Å². The van der Waals surface area contributed by atoms with Gasteiger partial charge in [-0.05, 0) is 29.1 Å². The summed E-state index contributed by atoms with van der Waals surface area (Å²) in [5.41, 5.74) is 1.94. The normalized spacial score (nSPS) is 15.0. The lowest BCUT2D eigenvalue weighted by Crippen LogP contribution is -2.35. The number of nitrogens with one attached hydrogen (secondary N) is 1. The Balaban J connectivity index is 1.49. The van der Waals surface area contributed by atoms with E-state index >= 15 is 0 Å². The first-order valence-corrected chi connectivity index (χ1v) is 9.34. The van der Waals surface area contributed by atoms with Gasteiger partial charge in [0.05, 0.1) is 18.1 Å². The third-order valence-electron chi connectivity index (χ3n) is 4.10. The molecule has 1 aliphatic heterocycles. The van der Waals surface area contributed by atoms with Gasteiger partial charge in [0, 0.05) is 38.2 Å². The second-order valence-corrected chi connectivity index (χ2v) is 6.99. The first-order chi connectivity index (χ1) is 12.2. The second-order valence-electron chi connectivity index (χ2n) is 6.04. The van der Waals surface area contributed by atoms with E-state index in [4.69, 9.17) is 4.74 Å². The molecule has 5 nitrogen and oxygen atoms in total. The number of carbonyl (C=O) groups is 2. The number of hydrogen-bond acceptors (Lipinski definition) is 5. The third-order valence-corrected chi connectivity index (χ3v) is 5.01. The van der Waals surface area contributed by atoms with Crippen LogP contribution in [-0.4, -0.2) is 42.9 Å². The van der Waals surface area contributed by atoms with Crippen LogP contribution in [0.1, 0.15) is 28.1 Å². The van der Waals surface area contributed by atoms with Crippen molar-refractivity contribution in [2.75, 3.05) is 31.6 Å². The molecule has 1 fully saturated rings. The van der Waals surface area contributed by atoms with E-state index in [1.807, 2.05) is 29.6 Å². The van der Waals surface area contributed by atoms with Crippen molar-refractivity contribution in [2.45, 2.75) is 19.4 Å². The van der Waals surface area contributed by atoms with E-state index in [9.17, 15) is 9.59 Å². The number of benzene rings is 1. The van der Waals surface area contributed by atoms with Gasteiger partial charge in [-0.1, -0.05) is 18.2 Å². The predicted molar refractivity (Wildman–Crippen MR) is 99.1 cm³/mol. The molecule has 1 saturated heterocycles. The fourth-order valence-electron chi connectivity index (χ4n) is 2.78. The van der Waals surface area contributed by atoms with Crippen LogP contribution in [0.3, 0.4) is 0 Å². The molecule has 1 N–H and O–H groups in total. The van der Waals surface area contributed by atoms with Crippen molar-refractivity contribution >= 4 is 28.7 Å². The maximum absolute atomic E-state index is 12.1. The molecule has 1 aromatic heterocycles. The summed E-state index contributed by atoms with van der Waals surface area (Å²) in [6.45, 7) is 4.26. The zero-order valence-corrected chi connectivity index (χ0v) is 14.9. The smallest absolute Gasteiger partial charge is 0.224 e. The van der Waals surface area contributed by atoms with Gasteiger partial charge in [0.1, 0.15) is 0 Å². The quantitative estimate of drug-likeness (QED) is 0.773. The summed E-state index contributed by atoms with van der Waals surface area (Å²) in [4.78, 5) is 27.1. The van der Waals surface area contributed by atoms with Gasteiger partial charge in [-0.2, -0.15) is 0 Å². The Kier molecular flexibility index (Phi) is 6.33. The summed E-state index contributed by atoms with van der Waals surface area (Å²) in [7, 11) is 0. The lowest BCUT2D eigenvalue weighted by atomic mass is 10.1. The number of carbonyl (C=O) groups excluding carboxylic acids is 2. The third kappa shape index (κ3) is 5.49. The van der Waals surface area contributed by atoms with E-state index in [0.717, 1.165) is 44.1 Å². The van der Waals surface area contributed by atoms with Crippen molar-refractivity contribution in [1.82, 2.24) is 4.90 Å². The Morgan fingerprint density at radius 1 is 1.12 bits per heavy atom. The summed E-state index contributed by atoms with van der Waals surface area (Å²) in [6.07, 6.45) is 0.435. The maximum atomic E-state index is 12.1. The Bertz CT molecular complexity index is 709. The molecule has 25 heavy (non-hydrogen) atoms. The Labute approximate surface area is 151 Å². The van der Waals surface area contributed by atoms with Crippen LogP contribution in [0.25, 0.3) is 0 Å². The second kappa shape index (κ2) is 8.89. The van der Waals surface area contributed by atoms with Gasteiger partial charge in [0.15, 0.2) is 5.78 Å². The van der Waals surface area contributed by atoms with Crippen LogP contribution in [0.15, 0.2) is 41.8 Å². The molecule has 2 heterocycles. The summed E-state index contributed by atoms with van der Waals surface area (Å²) in [6, 6.07) is 11.5. The summed E-state index contributed by atoms with van der Waals surface area (Å²) < 4.78 is 5.36. The number of thiophene rings is 1. The van der Waals surface area contributed by atoms with Gasteiger partial charge in [0.2, 0.25) is 5.91 Å². The molecule has 132 valence electrons. The molecule has 1 aromatic carbocycles.